The molecule has 0 saturated carbocycles. The predicted octanol–water partition coefficient (Wildman–Crippen LogP) is 1.89. The first-order valence-electron chi connectivity index (χ1n) is 6.99. The molecule has 0 amide bonds. The maximum absolute atomic E-state index is 5.75. The Balaban J connectivity index is 1.85. The van der Waals surface area contributed by atoms with Crippen LogP contribution in [0.2, 0.25) is 0 Å². The monoisotopic (exact) mass is 253 g/mol. The fourth-order valence-corrected chi connectivity index (χ4v) is 2.39. The summed E-state index contributed by atoms with van der Waals surface area (Å²) in [7, 11) is 0. The molecule has 0 bridgehead atoms. The van der Waals surface area contributed by atoms with Crippen LogP contribution in [0.1, 0.15) is 50.8 Å². The summed E-state index contributed by atoms with van der Waals surface area (Å²) in [6.45, 7) is 7.05. The van der Waals surface area contributed by atoms with Crippen LogP contribution in [-0.4, -0.2) is 36.0 Å². The Bertz CT molecular complexity index is 354. The van der Waals surface area contributed by atoms with E-state index in [9.17, 15) is 0 Å². The Hall–Kier alpha value is -0.940. The van der Waals surface area contributed by atoms with Crippen LogP contribution in [0.4, 0.5) is 0 Å². The third kappa shape index (κ3) is 3.29. The van der Waals surface area contributed by atoms with E-state index >= 15 is 0 Å². The number of nitrogens with zero attached hydrogens (tertiary/aromatic N) is 2. The molecule has 1 aromatic heterocycles. The minimum absolute atomic E-state index is 0.250. The van der Waals surface area contributed by atoms with E-state index < -0.39 is 0 Å². The van der Waals surface area contributed by atoms with Crippen molar-refractivity contribution in [3.05, 3.63) is 11.8 Å². The van der Waals surface area contributed by atoms with Crippen LogP contribution in [0.25, 0.3) is 0 Å². The lowest BCUT2D eigenvalue weighted by Crippen LogP contribution is -2.14. The van der Waals surface area contributed by atoms with Crippen LogP contribution in [-0.2, 0) is 11.2 Å². The van der Waals surface area contributed by atoms with Gasteiger partial charge in [0.1, 0.15) is 0 Å². The molecule has 1 aliphatic rings. The molecule has 0 aromatic carbocycles. The topological polar surface area (TPSA) is 60.2 Å². The van der Waals surface area contributed by atoms with Crippen LogP contribution >= 0.6 is 0 Å². The summed E-state index contributed by atoms with van der Waals surface area (Å²) in [5.41, 5.74) is 0. The van der Waals surface area contributed by atoms with Crippen molar-refractivity contribution in [2.45, 2.75) is 51.6 Å². The van der Waals surface area contributed by atoms with Crippen molar-refractivity contribution in [2.75, 3.05) is 19.7 Å². The summed E-state index contributed by atoms with van der Waals surface area (Å²) < 4.78 is 11.4. The quantitative estimate of drug-likeness (QED) is 0.752. The second-order valence-electron chi connectivity index (χ2n) is 4.70. The third-order valence-corrected chi connectivity index (χ3v) is 3.41. The molecule has 18 heavy (non-hydrogen) atoms. The molecule has 1 N–H and O–H groups in total. The SMILES string of the molecule is CCNCCCc1nnc(C2CCOC2CC)o1. The van der Waals surface area contributed by atoms with Gasteiger partial charge in [0.15, 0.2) is 0 Å². The van der Waals surface area contributed by atoms with E-state index in [4.69, 9.17) is 9.15 Å². The van der Waals surface area contributed by atoms with Gasteiger partial charge in [0, 0.05) is 13.0 Å². The molecule has 102 valence electrons. The molecule has 0 radical (unpaired) electrons. The van der Waals surface area contributed by atoms with Crippen LogP contribution in [0.15, 0.2) is 4.42 Å². The molecule has 2 heterocycles. The van der Waals surface area contributed by atoms with Gasteiger partial charge < -0.3 is 14.5 Å². The van der Waals surface area contributed by atoms with E-state index in [2.05, 4.69) is 29.4 Å². The van der Waals surface area contributed by atoms with E-state index in [0.29, 0.717) is 5.92 Å². The van der Waals surface area contributed by atoms with Crippen LogP contribution in [0.3, 0.4) is 0 Å². The van der Waals surface area contributed by atoms with Gasteiger partial charge in [-0.3, -0.25) is 0 Å². The maximum Gasteiger partial charge on any atom is 0.222 e. The highest BCUT2D eigenvalue weighted by Gasteiger charge is 2.32. The number of aryl methyl sites for hydroxylation is 1. The largest absolute Gasteiger partial charge is 0.425 e. The Morgan fingerprint density at radius 1 is 1.33 bits per heavy atom. The summed E-state index contributed by atoms with van der Waals surface area (Å²) in [6, 6.07) is 0. The maximum atomic E-state index is 5.75. The molecule has 1 aliphatic heterocycles. The minimum atomic E-state index is 0.250. The summed E-state index contributed by atoms with van der Waals surface area (Å²) >= 11 is 0. The van der Waals surface area contributed by atoms with Crippen molar-refractivity contribution in [3.63, 3.8) is 0 Å². The standard InChI is InChI=1S/C13H23N3O2/c1-3-11-10(7-9-17-11)13-16-15-12(18-13)6-5-8-14-4-2/h10-11,14H,3-9H2,1-2H3. The lowest BCUT2D eigenvalue weighted by molar-refractivity contribution is 0.0963. The van der Waals surface area contributed by atoms with Crippen LogP contribution < -0.4 is 5.32 Å². The highest BCUT2D eigenvalue weighted by molar-refractivity contribution is 4.98. The molecule has 2 rings (SSSR count). The first kappa shape index (κ1) is 13.5. The lowest BCUT2D eigenvalue weighted by atomic mass is 10.00. The second-order valence-corrected chi connectivity index (χ2v) is 4.70. The molecule has 0 spiro atoms. The van der Waals surface area contributed by atoms with Gasteiger partial charge in [0.05, 0.1) is 12.0 Å². The Morgan fingerprint density at radius 2 is 2.22 bits per heavy atom. The summed E-state index contributed by atoms with van der Waals surface area (Å²) in [5.74, 6) is 1.81. The molecule has 1 aromatic rings. The predicted molar refractivity (Wildman–Crippen MR) is 68.6 cm³/mol. The van der Waals surface area contributed by atoms with Gasteiger partial charge in [-0.15, -0.1) is 10.2 Å². The van der Waals surface area contributed by atoms with Crippen molar-refractivity contribution in [3.8, 4) is 0 Å². The average molecular weight is 253 g/mol. The number of hydrogen-bond donors (Lipinski definition) is 1. The average Bonchev–Trinajstić information content (AvgIpc) is 3.02. The van der Waals surface area contributed by atoms with Gasteiger partial charge in [-0.05, 0) is 32.4 Å². The van der Waals surface area contributed by atoms with Crippen molar-refractivity contribution in [2.24, 2.45) is 0 Å². The minimum Gasteiger partial charge on any atom is -0.425 e. The normalized spacial score (nSPS) is 23.7. The number of rotatable bonds is 7. The van der Waals surface area contributed by atoms with Crippen LogP contribution in [0, 0.1) is 0 Å². The van der Waals surface area contributed by atoms with Crippen molar-refractivity contribution >= 4 is 0 Å². The molecule has 2 atom stereocenters. The highest BCUT2D eigenvalue weighted by Crippen LogP contribution is 2.32. The summed E-state index contributed by atoms with van der Waals surface area (Å²) in [6.07, 6.45) is 4.14. The summed E-state index contributed by atoms with van der Waals surface area (Å²) in [5, 5.41) is 11.6. The van der Waals surface area contributed by atoms with Crippen molar-refractivity contribution < 1.29 is 9.15 Å². The summed E-state index contributed by atoms with van der Waals surface area (Å²) in [4.78, 5) is 0. The number of nitrogens with one attached hydrogen (secondary N) is 1. The van der Waals surface area contributed by atoms with E-state index in [1.54, 1.807) is 0 Å². The molecular weight excluding hydrogens is 230 g/mol. The number of aromatic nitrogens is 2. The molecule has 5 nitrogen and oxygen atoms in total. The van der Waals surface area contributed by atoms with Crippen molar-refractivity contribution in [1.82, 2.24) is 15.5 Å². The first-order valence-corrected chi connectivity index (χ1v) is 6.99. The Labute approximate surface area is 108 Å². The van der Waals surface area contributed by atoms with Gasteiger partial charge in [0.25, 0.3) is 0 Å². The number of ether oxygens (including phenoxy) is 1. The smallest absolute Gasteiger partial charge is 0.222 e. The Kier molecular flexibility index (Phi) is 5.13. The zero-order valence-electron chi connectivity index (χ0n) is 11.3. The third-order valence-electron chi connectivity index (χ3n) is 3.41. The van der Waals surface area contributed by atoms with Gasteiger partial charge in [-0.25, -0.2) is 0 Å². The van der Waals surface area contributed by atoms with Crippen LogP contribution in [0.5, 0.6) is 0 Å². The molecule has 1 fully saturated rings. The fourth-order valence-electron chi connectivity index (χ4n) is 2.39. The fraction of sp³-hybridized carbons (Fsp3) is 0.846. The zero-order valence-corrected chi connectivity index (χ0v) is 11.3. The van der Waals surface area contributed by atoms with E-state index in [-0.39, 0.29) is 6.10 Å². The Morgan fingerprint density at radius 3 is 3.00 bits per heavy atom. The van der Waals surface area contributed by atoms with E-state index in [1.807, 2.05) is 0 Å². The second kappa shape index (κ2) is 6.85. The molecular formula is C13H23N3O2. The van der Waals surface area contributed by atoms with Crippen molar-refractivity contribution in [1.29, 1.82) is 0 Å². The molecule has 2 unspecified atom stereocenters. The first-order chi connectivity index (χ1) is 8.85. The molecule has 1 saturated heterocycles. The van der Waals surface area contributed by atoms with Gasteiger partial charge in [-0.1, -0.05) is 13.8 Å². The van der Waals surface area contributed by atoms with Gasteiger partial charge >= 0.3 is 0 Å². The lowest BCUT2D eigenvalue weighted by Gasteiger charge is -2.12. The molecule has 0 aliphatic carbocycles. The van der Waals surface area contributed by atoms with E-state index in [1.165, 1.54) is 0 Å². The zero-order chi connectivity index (χ0) is 12.8. The molecule has 5 heteroatoms. The van der Waals surface area contributed by atoms with Gasteiger partial charge in [-0.2, -0.15) is 0 Å². The highest BCUT2D eigenvalue weighted by atomic mass is 16.5. The van der Waals surface area contributed by atoms with E-state index in [0.717, 1.165) is 57.2 Å². The number of hydrogen-bond acceptors (Lipinski definition) is 5. The van der Waals surface area contributed by atoms with Gasteiger partial charge in [0.2, 0.25) is 11.8 Å².